The van der Waals surface area contributed by atoms with Gasteiger partial charge in [-0.3, -0.25) is 4.79 Å². The number of carbonyl (C=O) groups excluding carboxylic acids is 1. The largest absolute Gasteiger partial charge is 0.489 e. The van der Waals surface area contributed by atoms with Crippen LogP contribution in [0.3, 0.4) is 0 Å². The number of aryl methyl sites for hydroxylation is 1. The van der Waals surface area contributed by atoms with Gasteiger partial charge in [-0.05, 0) is 58.7 Å². The van der Waals surface area contributed by atoms with Gasteiger partial charge in [-0.25, -0.2) is 0 Å². The van der Waals surface area contributed by atoms with Crippen molar-refractivity contribution < 1.29 is 19.0 Å². The lowest BCUT2D eigenvalue weighted by atomic mass is 10.00. The third kappa shape index (κ3) is 8.30. The van der Waals surface area contributed by atoms with Crippen LogP contribution in [0.25, 0.3) is 0 Å². The summed E-state index contributed by atoms with van der Waals surface area (Å²) < 4.78 is 19.4. The van der Waals surface area contributed by atoms with Gasteiger partial charge in [-0.1, -0.05) is 135 Å². The van der Waals surface area contributed by atoms with Gasteiger partial charge in [0.05, 0.1) is 16.9 Å². The van der Waals surface area contributed by atoms with Crippen LogP contribution < -0.4 is 24.4 Å². The highest BCUT2D eigenvalue weighted by molar-refractivity contribution is 6.15. The molecule has 6 heteroatoms. The number of anilines is 3. The quantitative estimate of drug-likeness (QED) is 0.123. The van der Waals surface area contributed by atoms with Gasteiger partial charge in [0.15, 0.2) is 0 Å². The van der Waals surface area contributed by atoms with Gasteiger partial charge in [0.2, 0.25) is 0 Å². The van der Waals surface area contributed by atoms with Crippen molar-refractivity contribution in [2.75, 3.05) is 16.8 Å². The molecule has 262 valence electrons. The van der Waals surface area contributed by atoms with E-state index in [2.05, 4.69) is 43.4 Å². The Bertz CT molecular complexity index is 2080. The maximum absolute atomic E-state index is 14.7. The number of amides is 1. The normalized spacial score (nSPS) is 12.1. The molecule has 1 heterocycles. The second kappa shape index (κ2) is 16.3. The fraction of sp³-hybridized carbons (Fsp3) is 0.196. The molecule has 1 N–H and O–H groups in total. The first-order chi connectivity index (χ1) is 25.5. The van der Waals surface area contributed by atoms with E-state index in [9.17, 15) is 4.79 Å². The van der Waals surface area contributed by atoms with Crippen LogP contribution in [-0.2, 0) is 26.2 Å². The van der Waals surface area contributed by atoms with E-state index in [0.717, 1.165) is 29.5 Å². The van der Waals surface area contributed by atoms with Crippen molar-refractivity contribution in [2.45, 2.75) is 52.4 Å². The molecule has 1 amide bonds. The minimum atomic E-state index is -0.115. The van der Waals surface area contributed by atoms with E-state index in [-0.39, 0.29) is 5.91 Å². The van der Waals surface area contributed by atoms with Crippen LogP contribution in [0.2, 0.25) is 0 Å². The molecule has 1 aliphatic heterocycles. The highest BCUT2D eigenvalue weighted by atomic mass is 16.5. The second-order valence-electron chi connectivity index (χ2n) is 13.4. The lowest BCUT2D eigenvalue weighted by Crippen LogP contribution is -2.31. The highest BCUT2D eigenvalue weighted by Gasteiger charge is 2.31. The number of hydrogen-bond donors (Lipinski definition) is 1. The summed E-state index contributed by atoms with van der Waals surface area (Å²) in [6, 6.07) is 48.5. The number of rotatable bonds is 14. The zero-order valence-corrected chi connectivity index (χ0v) is 29.8. The Morgan fingerprint density at radius 1 is 0.577 bits per heavy atom. The van der Waals surface area contributed by atoms with Gasteiger partial charge in [0, 0.05) is 18.7 Å². The maximum atomic E-state index is 14.7. The third-order valence-electron chi connectivity index (χ3n) is 9.31. The van der Waals surface area contributed by atoms with Crippen molar-refractivity contribution in [3.05, 3.63) is 179 Å². The smallest absolute Gasteiger partial charge is 0.260 e. The van der Waals surface area contributed by atoms with Gasteiger partial charge in [0.1, 0.15) is 42.8 Å². The number of benzene rings is 6. The van der Waals surface area contributed by atoms with Crippen molar-refractivity contribution in [3.63, 3.8) is 0 Å². The molecule has 0 fully saturated rings. The Morgan fingerprint density at radius 2 is 1.15 bits per heavy atom. The number of para-hydroxylation sites is 1. The van der Waals surface area contributed by atoms with Crippen LogP contribution in [0, 0.1) is 0 Å². The lowest BCUT2D eigenvalue weighted by Gasteiger charge is -2.25. The van der Waals surface area contributed by atoms with Crippen LogP contribution in [0.4, 0.5) is 17.1 Å². The molecule has 0 aliphatic carbocycles. The molecule has 6 aromatic carbocycles. The molecule has 6 nitrogen and oxygen atoms in total. The van der Waals surface area contributed by atoms with Crippen LogP contribution in [0.1, 0.15) is 64.4 Å². The first kappa shape index (κ1) is 34.4. The minimum absolute atomic E-state index is 0.115. The number of ether oxygens (including phenoxy) is 3. The zero-order valence-electron chi connectivity index (χ0n) is 29.8. The topological polar surface area (TPSA) is 60.0 Å². The first-order valence-corrected chi connectivity index (χ1v) is 18.0. The summed E-state index contributed by atoms with van der Waals surface area (Å²) in [6.07, 6.45) is 1.60. The Balaban J connectivity index is 1.26. The molecule has 0 radical (unpaired) electrons. The van der Waals surface area contributed by atoms with E-state index in [1.54, 1.807) is 0 Å². The minimum Gasteiger partial charge on any atom is -0.489 e. The molecular formula is C46H44N2O4. The summed E-state index contributed by atoms with van der Waals surface area (Å²) in [7, 11) is 0. The van der Waals surface area contributed by atoms with E-state index in [4.69, 9.17) is 14.2 Å². The van der Waals surface area contributed by atoms with Crippen LogP contribution >= 0.6 is 0 Å². The number of carbonyl (C=O) groups is 1. The molecule has 6 aromatic rings. The Labute approximate surface area is 306 Å². The summed E-state index contributed by atoms with van der Waals surface area (Å²) in [5, 5.41) is 3.63. The fourth-order valence-corrected chi connectivity index (χ4v) is 6.39. The van der Waals surface area contributed by atoms with Gasteiger partial charge < -0.3 is 24.4 Å². The van der Waals surface area contributed by atoms with Crippen LogP contribution in [0.15, 0.2) is 146 Å². The summed E-state index contributed by atoms with van der Waals surface area (Å²) in [6.45, 7) is 5.99. The number of hydrogen-bond acceptors (Lipinski definition) is 5. The molecule has 7 rings (SSSR count). The molecule has 0 spiro atoms. The van der Waals surface area contributed by atoms with Crippen LogP contribution in [-0.4, -0.2) is 12.5 Å². The van der Waals surface area contributed by atoms with E-state index >= 15 is 0 Å². The van der Waals surface area contributed by atoms with Gasteiger partial charge >= 0.3 is 0 Å². The van der Waals surface area contributed by atoms with Crippen molar-refractivity contribution in [3.8, 4) is 17.2 Å². The predicted octanol–water partition coefficient (Wildman–Crippen LogP) is 10.9. The summed E-state index contributed by atoms with van der Waals surface area (Å²) >= 11 is 0. The second-order valence-corrected chi connectivity index (χ2v) is 13.4. The molecule has 52 heavy (non-hydrogen) atoms. The number of nitrogens with one attached hydrogen (secondary N) is 1. The predicted molar refractivity (Wildman–Crippen MR) is 209 cm³/mol. The number of nitrogens with zero attached hydrogens (tertiary/aromatic N) is 1. The zero-order chi connectivity index (χ0) is 35.7. The average Bonchev–Trinajstić information content (AvgIpc) is 3.30. The molecular weight excluding hydrogens is 645 g/mol. The van der Waals surface area contributed by atoms with Crippen molar-refractivity contribution in [2.24, 2.45) is 0 Å². The molecule has 0 saturated carbocycles. The van der Waals surface area contributed by atoms with E-state index in [1.165, 1.54) is 11.1 Å². The van der Waals surface area contributed by atoms with Crippen molar-refractivity contribution in [1.29, 1.82) is 0 Å². The molecule has 1 aliphatic rings. The van der Waals surface area contributed by atoms with E-state index in [0.29, 0.717) is 72.2 Å². The molecule has 0 bridgehead atoms. The van der Waals surface area contributed by atoms with Crippen molar-refractivity contribution >= 4 is 23.0 Å². The monoisotopic (exact) mass is 688 g/mol. The Kier molecular flexibility index (Phi) is 10.8. The standard InChI is InChI=1S/C46H44N2O4/c1-33(2)38-25-23-34(24-26-38)20-13-27-48-41-28-39(50-30-35-14-6-3-7-15-35)29-43(52-32-37-18-10-5-11-19-37)45(41)47-44-40(46(48)49)21-12-22-42(44)51-31-36-16-8-4-9-17-36/h3-12,14-19,21-26,28-29,33,47H,13,20,27,30-32H2,1-2H3. The fourth-order valence-electron chi connectivity index (χ4n) is 6.39. The Morgan fingerprint density at radius 3 is 1.75 bits per heavy atom. The summed E-state index contributed by atoms with van der Waals surface area (Å²) in [4.78, 5) is 16.6. The lowest BCUT2D eigenvalue weighted by molar-refractivity contribution is 0.0987. The average molecular weight is 689 g/mol. The maximum Gasteiger partial charge on any atom is 0.260 e. The molecule has 0 saturated heterocycles. The highest BCUT2D eigenvalue weighted by Crippen LogP contribution is 2.47. The molecule has 0 aromatic heterocycles. The van der Waals surface area contributed by atoms with Gasteiger partial charge in [0.25, 0.3) is 5.91 Å². The van der Waals surface area contributed by atoms with Gasteiger partial charge in [-0.15, -0.1) is 0 Å². The first-order valence-electron chi connectivity index (χ1n) is 18.0. The van der Waals surface area contributed by atoms with E-state index < -0.39 is 0 Å². The summed E-state index contributed by atoms with van der Waals surface area (Å²) in [5.41, 5.74) is 8.20. The number of fused-ring (bicyclic) bond motifs is 2. The third-order valence-corrected chi connectivity index (χ3v) is 9.31. The van der Waals surface area contributed by atoms with Crippen LogP contribution in [0.5, 0.6) is 17.2 Å². The summed E-state index contributed by atoms with van der Waals surface area (Å²) in [5.74, 6) is 2.14. The SMILES string of the molecule is CC(C)c1ccc(CCCN2C(=O)c3cccc(OCc4ccccc4)c3Nc3c(OCc4ccccc4)cc(OCc4ccccc4)cc32)cc1. The molecule has 0 unspecified atom stereocenters. The molecule has 0 atom stereocenters. The van der Waals surface area contributed by atoms with Gasteiger partial charge in [-0.2, -0.15) is 0 Å². The Hall–Kier alpha value is -6.01. The van der Waals surface area contributed by atoms with Crippen molar-refractivity contribution in [1.82, 2.24) is 0 Å². The van der Waals surface area contributed by atoms with E-state index in [1.807, 2.05) is 126 Å².